The average Bonchev–Trinajstić information content (AvgIpc) is 3.28. The number of carbonyl (C=O) groups excluding carboxylic acids is 2. The Kier molecular flexibility index (Phi) is 8.49. The Morgan fingerprint density at radius 1 is 1.08 bits per heavy atom. The van der Waals surface area contributed by atoms with Crippen LogP contribution in [0.3, 0.4) is 0 Å². The van der Waals surface area contributed by atoms with E-state index in [9.17, 15) is 22.8 Å². The SMILES string of the molecule is CC(C)(C)OC(=O)N1CCC(CCC2(C(=O)N3CCN(c4cc(C(F)(F)F)ccn4)CC3)C=CC(N)C2)CC1. The van der Waals surface area contributed by atoms with Crippen molar-refractivity contribution >= 4 is 17.8 Å². The van der Waals surface area contributed by atoms with Gasteiger partial charge in [0, 0.05) is 51.5 Å². The number of piperidine rings is 1. The maximum Gasteiger partial charge on any atom is 0.416 e. The minimum absolute atomic E-state index is 0.0366. The minimum Gasteiger partial charge on any atom is -0.444 e. The smallest absolute Gasteiger partial charge is 0.416 e. The number of hydrogen-bond acceptors (Lipinski definition) is 6. The summed E-state index contributed by atoms with van der Waals surface area (Å²) in [6, 6.07) is 1.84. The van der Waals surface area contributed by atoms with E-state index in [0.717, 1.165) is 31.4 Å². The molecule has 11 heteroatoms. The predicted molar refractivity (Wildman–Crippen MR) is 142 cm³/mol. The molecule has 4 rings (SSSR count). The van der Waals surface area contributed by atoms with E-state index < -0.39 is 22.8 Å². The maximum absolute atomic E-state index is 13.8. The van der Waals surface area contributed by atoms with Gasteiger partial charge in [-0.1, -0.05) is 12.2 Å². The molecule has 1 aromatic heterocycles. The molecule has 0 bridgehead atoms. The van der Waals surface area contributed by atoms with Gasteiger partial charge in [-0.05, 0) is 70.9 Å². The van der Waals surface area contributed by atoms with Gasteiger partial charge in [0.2, 0.25) is 5.91 Å². The van der Waals surface area contributed by atoms with E-state index >= 15 is 0 Å². The average molecular weight is 552 g/mol. The standard InChI is InChI=1S/C28H40F3N5O3/c1-26(2,3)39-25(38)36-12-7-20(8-13-36)4-9-27(10-5-22(32)19-27)24(37)35-16-14-34(15-17-35)23-18-21(6-11-33-23)28(29,30)31/h5-6,10-11,18,20,22H,4,7-9,12-17,19,32H2,1-3H3. The van der Waals surface area contributed by atoms with Crippen LogP contribution in [0.15, 0.2) is 30.5 Å². The first-order valence-electron chi connectivity index (χ1n) is 13.8. The largest absolute Gasteiger partial charge is 0.444 e. The van der Waals surface area contributed by atoms with Crippen molar-refractivity contribution in [3.63, 3.8) is 0 Å². The summed E-state index contributed by atoms with van der Waals surface area (Å²) in [7, 11) is 0. The first-order chi connectivity index (χ1) is 18.3. The molecule has 8 nitrogen and oxygen atoms in total. The number of alkyl halides is 3. The molecule has 3 aliphatic rings. The van der Waals surface area contributed by atoms with Crippen LogP contribution in [0.5, 0.6) is 0 Å². The molecule has 1 aromatic rings. The fourth-order valence-electron chi connectivity index (χ4n) is 5.73. The number of halogens is 3. The zero-order valence-corrected chi connectivity index (χ0v) is 23.0. The van der Waals surface area contributed by atoms with Crippen molar-refractivity contribution in [2.24, 2.45) is 17.1 Å². The highest BCUT2D eigenvalue weighted by atomic mass is 19.4. The summed E-state index contributed by atoms with van der Waals surface area (Å²) < 4.78 is 44.9. The molecule has 39 heavy (non-hydrogen) atoms. The Hall–Kier alpha value is -2.82. The second-order valence-electron chi connectivity index (χ2n) is 12.0. The van der Waals surface area contributed by atoms with Crippen LogP contribution < -0.4 is 10.6 Å². The number of likely N-dealkylation sites (tertiary alicyclic amines) is 1. The van der Waals surface area contributed by atoms with E-state index in [-0.39, 0.29) is 23.9 Å². The predicted octanol–water partition coefficient (Wildman–Crippen LogP) is 4.45. The number of hydrogen-bond donors (Lipinski definition) is 1. The van der Waals surface area contributed by atoms with E-state index in [2.05, 4.69) is 4.98 Å². The Labute approximate surface area is 228 Å². The normalized spacial score (nSPS) is 24.8. The minimum atomic E-state index is -4.43. The van der Waals surface area contributed by atoms with E-state index in [1.54, 1.807) is 9.80 Å². The summed E-state index contributed by atoms with van der Waals surface area (Å²) in [4.78, 5) is 35.7. The molecule has 1 aliphatic carbocycles. The number of amides is 2. The molecule has 216 valence electrons. The topological polar surface area (TPSA) is 92.0 Å². The lowest BCUT2D eigenvalue weighted by atomic mass is 9.77. The molecule has 0 aromatic carbocycles. The quantitative estimate of drug-likeness (QED) is 0.544. The van der Waals surface area contributed by atoms with Gasteiger partial charge >= 0.3 is 12.3 Å². The number of anilines is 1. The van der Waals surface area contributed by atoms with Crippen molar-refractivity contribution in [3.05, 3.63) is 36.0 Å². The van der Waals surface area contributed by atoms with Crippen LogP contribution in [0.2, 0.25) is 0 Å². The van der Waals surface area contributed by atoms with Crippen molar-refractivity contribution in [2.45, 2.75) is 70.7 Å². The second-order valence-corrected chi connectivity index (χ2v) is 12.0. The number of aromatic nitrogens is 1. The zero-order valence-electron chi connectivity index (χ0n) is 23.0. The van der Waals surface area contributed by atoms with Crippen molar-refractivity contribution in [2.75, 3.05) is 44.2 Å². The third-order valence-corrected chi connectivity index (χ3v) is 7.92. The monoisotopic (exact) mass is 551 g/mol. The molecule has 2 amide bonds. The Morgan fingerprint density at radius 3 is 2.31 bits per heavy atom. The van der Waals surface area contributed by atoms with Crippen LogP contribution in [-0.2, 0) is 15.7 Å². The first-order valence-corrected chi connectivity index (χ1v) is 13.8. The van der Waals surface area contributed by atoms with Gasteiger partial charge in [0.05, 0.1) is 11.0 Å². The van der Waals surface area contributed by atoms with Gasteiger partial charge < -0.3 is 25.2 Å². The molecule has 2 aliphatic heterocycles. The number of ether oxygens (including phenoxy) is 1. The lowest BCUT2D eigenvalue weighted by molar-refractivity contribution is -0.140. The molecule has 0 saturated carbocycles. The molecule has 2 fully saturated rings. The maximum atomic E-state index is 13.8. The van der Waals surface area contributed by atoms with Gasteiger partial charge in [-0.2, -0.15) is 13.2 Å². The van der Waals surface area contributed by atoms with Crippen LogP contribution >= 0.6 is 0 Å². The zero-order chi connectivity index (χ0) is 28.4. The molecule has 2 saturated heterocycles. The number of carbonyl (C=O) groups is 2. The van der Waals surface area contributed by atoms with Crippen molar-refractivity contribution in [3.8, 4) is 0 Å². The molecular weight excluding hydrogens is 511 g/mol. The molecule has 0 spiro atoms. The Balaban J connectivity index is 1.32. The number of piperazine rings is 1. The van der Waals surface area contributed by atoms with Gasteiger partial charge in [0.25, 0.3) is 0 Å². The number of pyridine rings is 1. The lowest BCUT2D eigenvalue weighted by Crippen LogP contribution is -2.53. The third-order valence-electron chi connectivity index (χ3n) is 7.92. The van der Waals surface area contributed by atoms with Crippen molar-refractivity contribution in [1.82, 2.24) is 14.8 Å². The van der Waals surface area contributed by atoms with Crippen LogP contribution in [0.25, 0.3) is 0 Å². The van der Waals surface area contributed by atoms with Gasteiger partial charge in [-0.3, -0.25) is 4.79 Å². The van der Waals surface area contributed by atoms with E-state index in [0.29, 0.717) is 58.0 Å². The molecule has 0 radical (unpaired) electrons. The molecular formula is C28H40F3N5O3. The summed E-state index contributed by atoms with van der Waals surface area (Å²) in [6.07, 6.45) is 4.16. The number of rotatable bonds is 5. The summed E-state index contributed by atoms with van der Waals surface area (Å²) in [5.41, 5.74) is 4.29. The van der Waals surface area contributed by atoms with Crippen molar-refractivity contribution < 1.29 is 27.5 Å². The summed E-state index contributed by atoms with van der Waals surface area (Å²) >= 11 is 0. The summed E-state index contributed by atoms with van der Waals surface area (Å²) in [5.74, 6) is 0.712. The van der Waals surface area contributed by atoms with Crippen LogP contribution in [0.4, 0.5) is 23.8 Å². The lowest BCUT2D eigenvalue weighted by Gasteiger charge is -2.40. The van der Waals surface area contributed by atoms with Crippen LogP contribution in [-0.4, -0.2) is 77.7 Å². The molecule has 2 unspecified atom stereocenters. The highest BCUT2D eigenvalue weighted by molar-refractivity contribution is 5.85. The highest BCUT2D eigenvalue weighted by Gasteiger charge is 2.44. The first kappa shape index (κ1) is 29.2. The number of nitrogens with two attached hydrogens (primary N) is 1. The van der Waals surface area contributed by atoms with E-state index in [1.165, 1.54) is 6.20 Å². The fraction of sp³-hybridized carbons (Fsp3) is 0.679. The van der Waals surface area contributed by atoms with Crippen LogP contribution in [0.1, 0.15) is 58.4 Å². The van der Waals surface area contributed by atoms with E-state index in [1.807, 2.05) is 37.8 Å². The Morgan fingerprint density at radius 2 is 1.74 bits per heavy atom. The van der Waals surface area contributed by atoms with Gasteiger partial charge in [-0.15, -0.1) is 0 Å². The molecule has 2 atom stereocenters. The highest BCUT2D eigenvalue weighted by Crippen LogP contribution is 2.41. The molecule has 3 heterocycles. The van der Waals surface area contributed by atoms with E-state index in [4.69, 9.17) is 10.5 Å². The third kappa shape index (κ3) is 7.23. The summed E-state index contributed by atoms with van der Waals surface area (Å²) in [6.45, 7) is 8.50. The summed E-state index contributed by atoms with van der Waals surface area (Å²) in [5, 5.41) is 0. The second kappa shape index (κ2) is 11.3. The Bertz CT molecular complexity index is 1060. The van der Waals surface area contributed by atoms with Gasteiger partial charge in [0.1, 0.15) is 11.4 Å². The molecule has 2 N–H and O–H groups in total. The fourth-order valence-corrected chi connectivity index (χ4v) is 5.73. The van der Waals surface area contributed by atoms with Gasteiger partial charge in [-0.25, -0.2) is 9.78 Å². The number of nitrogens with zero attached hydrogens (tertiary/aromatic N) is 4. The van der Waals surface area contributed by atoms with Gasteiger partial charge in [0.15, 0.2) is 0 Å². The van der Waals surface area contributed by atoms with Crippen molar-refractivity contribution in [1.29, 1.82) is 0 Å². The van der Waals surface area contributed by atoms with Crippen LogP contribution in [0, 0.1) is 11.3 Å².